The van der Waals surface area contributed by atoms with E-state index in [1.807, 2.05) is 0 Å². The van der Waals surface area contributed by atoms with Gasteiger partial charge in [0.2, 0.25) is 11.5 Å². The van der Waals surface area contributed by atoms with Gasteiger partial charge in [-0.25, -0.2) is 8.78 Å². The highest BCUT2D eigenvalue weighted by molar-refractivity contribution is 5.81. The Morgan fingerprint density at radius 2 is 1.87 bits per heavy atom. The maximum atomic E-state index is 14.3. The van der Waals surface area contributed by atoms with Gasteiger partial charge in [0.15, 0.2) is 5.67 Å². The van der Waals surface area contributed by atoms with E-state index in [9.17, 15) is 31.9 Å². The minimum absolute atomic E-state index is 0.00262. The number of rotatable bonds is 3. The van der Waals surface area contributed by atoms with Crippen molar-refractivity contribution in [2.75, 3.05) is 6.54 Å². The molecule has 3 rings (SSSR count). The fourth-order valence-electron chi connectivity index (χ4n) is 4.11. The summed E-state index contributed by atoms with van der Waals surface area (Å²) in [7, 11) is 0. The van der Waals surface area contributed by atoms with Crippen LogP contribution in [0.5, 0.6) is 0 Å². The molecule has 1 unspecified atom stereocenters. The summed E-state index contributed by atoms with van der Waals surface area (Å²) < 4.78 is 67.8. The normalized spacial score (nSPS) is 29.5. The maximum absolute atomic E-state index is 14.3. The second kappa shape index (κ2) is 8.22. The highest BCUT2D eigenvalue weighted by atomic mass is 19.4. The number of halogens is 5. The zero-order valence-corrected chi connectivity index (χ0v) is 17.3. The summed E-state index contributed by atoms with van der Waals surface area (Å²) in [5, 5.41) is 10.1. The zero-order valence-electron chi connectivity index (χ0n) is 17.3. The first-order valence-electron chi connectivity index (χ1n) is 10.0. The Bertz CT molecular complexity index is 944. The van der Waals surface area contributed by atoms with E-state index in [0.29, 0.717) is 49.6 Å². The van der Waals surface area contributed by atoms with Crippen molar-refractivity contribution < 1.29 is 31.9 Å². The first kappa shape index (κ1) is 23.2. The van der Waals surface area contributed by atoms with Crippen molar-refractivity contribution in [2.45, 2.75) is 57.0 Å². The molecule has 1 aliphatic carbocycles. The third kappa shape index (κ3) is 4.18. The van der Waals surface area contributed by atoms with Crippen LogP contribution < -0.4 is 0 Å². The van der Waals surface area contributed by atoms with Crippen LogP contribution in [-0.2, 0) is 11.2 Å². The molecule has 168 valence electrons. The molecule has 2 atom stereocenters. The molecular formula is C23H24F5NO2. The average molecular weight is 441 g/mol. The van der Waals surface area contributed by atoms with Gasteiger partial charge in [-0.2, -0.15) is 13.2 Å². The molecule has 1 amide bonds. The van der Waals surface area contributed by atoms with E-state index in [0.717, 1.165) is 12.2 Å². The van der Waals surface area contributed by atoms with Crippen LogP contribution in [0.25, 0.3) is 0 Å². The molecular weight excluding hydrogens is 417 g/mol. The molecule has 1 aromatic carbocycles. The minimum Gasteiger partial charge on any atom is -0.374 e. The Kier molecular flexibility index (Phi) is 6.15. The molecule has 1 N–H and O–H groups in total. The number of nitrogens with zero attached hydrogens (tertiary/aromatic N) is 1. The molecule has 31 heavy (non-hydrogen) atoms. The van der Waals surface area contributed by atoms with Crippen LogP contribution in [0.2, 0.25) is 0 Å². The number of carbonyl (C=O) groups is 1. The lowest BCUT2D eigenvalue weighted by atomic mass is 9.67. The molecule has 0 spiro atoms. The van der Waals surface area contributed by atoms with Crippen molar-refractivity contribution in [3.63, 3.8) is 0 Å². The fraction of sp³-hybridized carbons (Fsp3) is 0.435. The third-order valence-electron chi connectivity index (χ3n) is 5.83. The Hall–Kier alpha value is -2.48. The van der Waals surface area contributed by atoms with E-state index in [4.69, 9.17) is 0 Å². The van der Waals surface area contributed by atoms with Gasteiger partial charge in [-0.3, -0.25) is 4.79 Å². The number of hydrogen-bond donors (Lipinski definition) is 1. The van der Waals surface area contributed by atoms with E-state index >= 15 is 0 Å². The summed E-state index contributed by atoms with van der Waals surface area (Å²) in [5.41, 5.74) is -5.62. The van der Waals surface area contributed by atoms with Crippen LogP contribution in [0.1, 0.15) is 38.7 Å². The van der Waals surface area contributed by atoms with Gasteiger partial charge in [0, 0.05) is 12.2 Å². The smallest absolute Gasteiger partial charge is 0.374 e. The molecule has 3 nitrogen and oxygen atoms in total. The predicted octanol–water partition coefficient (Wildman–Crippen LogP) is 5.17. The fourth-order valence-corrected chi connectivity index (χ4v) is 4.11. The molecule has 1 aliphatic heterocycles. The average Bonchev–Trinajstić information content (AvgIpc) is 2.89. The SMILES string of the molecule is C/C=C1\C(=C/C2=C[C@@](C)(F)C2(O)C(F)(F)F)CCCCN1C(=O)Cc1ccc(F)cc1. The van der Waals surface area contributed by atoms with Crippen LogP contribution >= 0.6 is 0 Å². The van der Waals surface area contributed by atoms with E-state index < -0.39 is 28.8 Å². The van der Waals surface area contributed by atoms with Crippen molar-refractivity contribution in [1.82, 2.24) is 4.90 Å². The molecule has 1 fully saturated rings. The number of alkyl halides is 4. The zero-order chi connectivity index (χ0) is 23.0. The molecule has 1 aromatic rings. The first-order chi connectivity index (χ1) is 14.4. The number of amides is 1. The number of aliphatic hydroxyl groups is 1. The number of hydrogen-bond acceptors (Lipinski definition) is 2. The Morgan fingerprint density at radius 1 is 1.23 bits per heavy atom. The van der Waals surface area contributed by atoms with E-state index in [2.05, 4.69) is 0 Å². The van der Waals surface area contributed by atoms with Gasteiger partial charge in [-0.1, -0.05) is 24.3 Å². The van der Waals surface area contributed by atoms with Crippen LogP contribution in [0.4, 0.5) is 22.0 Å². The van der Waals surface area contributed by atoms with Crippen molar-refractivity contribution in [3.8, 4) is 0 Å². The highest BCUT2D eigenvalue weighted by Gasteiger charge is 2.71. The summed E-state index contributed by atoms with van der Waals surface area (Å²) >= 11 is 0. The topological polar surface area (TPSA) is 40.5 Å². The molecule has 0 saturated carbocycles. The molecule has 1 saturated heterocycles. The predicted molar refractivity (Wildman–Crippen MR) is 106 cm³/mol. The van der Waals surface area contributed by atoms with Gasteiger partial charge in [0.1, 0.15) is 5.82 Å². The molecule has 0 aromatic heterocycles. The van der Waals surface area contributed by atoms with E-state index in [-0.39, 0.29) is 12.3 Å². The second-order valence-electron chi connectivity index (χ2n) is 8.03. The van der Waals surface area contributed by atoms with Crippen LogP contribution in [0.15, 0.2) is 59.3 Å². The van der Waals surface area contributed by atoms with Gasteiger partial charge in [0.05, 0.1) is 6.42 Å². The summed E-state index contributed by atoms with van der Waals surface area (Å²) in [6.45, 7) is 2.72. The van der Waals surface area contributed by atoms with E-state index in [1.54, 1.807) is 13.0 Å². The van der Waals surface area contributed by atoms with Gasteiger partial charge in [0.25, 0.3) is 0 Å². The van der Waals surface area contributed by atoms with Crippen LogP contribution in [0.3, 0.4) is 0 Å². The summed E-state index contributed by atoms with van der Waals surface area (Å²) in [4.78, 5) is 14.4. The number of carbonyl (C=O) groups excluding carboxylic acids is 1. The minimum atomic E-state index is -5.18. The Labute approximate surface area is 177 Å². The lowest BCUT2D eigenvalue weighted by Crippen LogP contribution is -2.65. The lowest BCUT2D eigenvalue weighted by Gasteiger charge is -2.47. The monoisotopic (exact) mass is 441 g/mol. The summed E-state index contributed by atoms with van der Waals surface area (Å²) in [6, 6.07) is 5.51. The standard InChI is InChI=1S/C23H24F5NO2/c1-3-19-16(13-17-14-21(2,25)22(17,31)23(26,27)28)6-4-5-11-29(19)20(30)12-15-7-9-18(24)10-8-15/h3,7-10,13-14,31H,4-6,11-12H2,1-2H3/b16-13-,19-3+/t21-,22?/m1/s1. The Balaban J connectivity index is 1.91. The number of likely N-dealkylation sites (tertiary alicyclic amines) is 1. The maximum Gasteiger partial charge on any atom is 0.424 e. The number of benzene rings is 1. The summed E-state index contributed by atoms with van der Waals surface area (Å²) in [6.07, 6.45) is -0.0148. The van der Waals surface area contributed by atoms with Gasteiger partial charge in [-0.05, 0) is 68.0 Å². The van der Waals surface area contributed by atoms with Crippen molar-refractivity contribution >= 4 is 5.91 Å². The van der Waals surface area contributed by atoms with Gasteiger partial charge in [-0.15, -0.1) is 0 Å². The molecule has 0 radical (unpaired) electrons. The molecule has 8 heteroatoms. The first-order valence-corrected chi connectivity index (χ1v) is 10.0. The lowest BCUT2D eigenvalue weighted by molar-refractivity contribution is -0.285. The van der Waals surface area contributed by atoms with Gasteiger partial charge >= 0.3 is 6.18 Å². The second-order valence-corrected chi connectivity index (χ2v) is 8.03. The van der Waals surface area contributed by atoms with Crippen molar-refractivity contribution in [1.29, 1.82) is 0 Å². The number of allylic oxidation sites excluding steroid dienone is 2. The quantitative estimate of drug-likeness (QED) is 0.658. The van der Waals surface area contributed by atoms with Crippen LogP contribution in [0, 0.1) is 5.82 Å². The molecule has 0 bridgehead atoms. The largest absolute Gasteiger partial charge is 0.424 e. The van der Waals surface area contributed by atoms with Crippen molar-refractivity contribution in [3.05, 3.63) is 70.7 Å². The third-order valence-corrected chi connectivity index (χ3v) is 5.83. The van der Waals surface area contributed by atoms with Crippen molar-refractivity contribution in [2.24, 2.45) is 0 Å². The highest BCUT2D eigenvalue weighted by Crippen LogP contribution is 2.54. The molecule has 1 heterocycles. The molecule has 2 aliphatic rings. The van der Waals surface area contributed by atoms with Gasteiger partial charge < -0.3 is 10.0 Å². The Morgan fingerprint density at radius 3 is 2.42 bits per heavy atom. The summed E-state index contributed by atoms with van der Waals surface area (Å²) in [5.74, 6) is -0.701. The van der Waals surface area contributed by atoms with E-state index in [1.165, 1.54) is 29.2 Å². The van der Waals surface area contributed by atoms with Crippen LogP contribution in [-0.4, -0.2) is 39.9 Å².